The first-order chi connectivity index (χ1) is 25.3. The summed E-state index contributed by atoms with van der Waals surface area (Å²) in [4.78, 5) is 33.1. The molecule has 3 aromatic carbocycles. The van der Waals surface area contributed by atoms with Crippen LogP contribution >= 0.6 is 0 Å². The van der Waals surface area contributed by atoms with Crippen LogP contribution in [0.2, 0.25) is 0 Å². The summed E-state index contributed by atoms with van der Waals surface area (Å²) in [6.45, 7) is 6.68. The zero-order valence-electron chi connectivity index (χ0n) is 30.0. The molecule has 12 heteroatoms. The molecule has 0 atom stereocenters. The average Bonchev–Trinajstić information content (AvgIpc) is 3.12. The molecule has 0 spiro atoms. The van der Waals surface area contributed by atoms with Gasteiger partial charge >= 0.3 is 12.1 Å². The largest absolute Gasteiger partial charge is 0.504 e. The summed E-state index contributed by atoms with van der Waals surface area (Å²) < 4.78 is 26.1. The van der Waals surface area contributed by atoms with E-state index in [4.69, 9.17) is 19.6 Å². The van der Waals surface area contributed by atoms with E-state index in [1.165, 1.54) is 31.4 Å². The maximum Gasteiger partial charge on any atom is 0.410 e. The number of hydrogen-bond donors (Lipinski definition) is 2. The van der Waals surface area contributed by atoms with E-state index in [0.717, 1.165) is 11.6 Å². The number of hydrogen-bond acceptors (Lipinski definition) is 9. The number of carbonyl (C=O) groups excluding carboxylic acids is 1. The van der Waals surface area contributed by atoms with Gasteiger partial charge in [-0.15, -0.1) is 0 Å². The first-order valence-corrected chi connectivity index (χ1v) is 17.0. The standard InChI is InChI=1S/C41H40FN5O6/c1-41(2,3)53-40(51)47(25-27-7-5-26(6-8-27)9-14-37(49)50)31-16-19-46(20-17-31)39-32(15-18-43)38(29-10-11-30(23-44)34(42)21-29)33(24-45-39)28-12-13-36(52-4)35(48)22-28/h5-14,21-22,24,31,48H,15-17,19-20,25H2,1-4H3,(H,49,50)/b14-9+. The third kappa shape index (κ3) is 9.10. The number of carboxylic acids is 1. The Morgan fingerprint density at radius 1 is 1.06 bits per heavy atom. The molecule has 1 saturated heterocycles. The molecule has 1 fully saturated rings. The summed E-state index contributed by atoms with van der Waals surface area (Å²) in [7, 11) is 1.44. The average molecular weight is 718 g/mol. The van der Waals surface area contributed by atoms with Crippen molar-refractivity contribution >= 4 is 24.0 Å². The van der Waals surface area contributed by atoms with Crippen LogP contribution < -0.4 is 9.64 Å². The van der Waals surface area contributed by atoms with E-state index in [1.807, 2.05) is 39.0 Å². The normalized spacial score (nSPS) is 13.3. The van der Waals surface area contributed by atoms with Crippen molar-refractivity contribution in [1.29, 1.82) is 10.5 Å². The molecule has 2 heterocycles. The monoisotopic (exact) mass is 717 g/mol. The highest BCUT2D eigenvalue weighted by molar-refractivity contribution is 5.89. The first kappa shape index (κ1) is 37.8. The second-order valence-corrected chi connectivity index (χ2v) is 13.6. The number of aromatic hydroxyl groups is 1. The number of nitriles is 2. The van der Waals surface area contributed by atoms with Crippen LogP contribution in [0.15, 0.2) is 72.9 Å². The predicted octanol–water partition coefficient (Wildman–Crippen LogP) is 7.71. The SMILES string of the molecule is COc1ccc(-c2cnc(N3CCC(N(Cc4ccc(/C=C/C(=O)O)cc4)C(=O)OC(C)(C)C)CC3)c(CC#N)c2-c2ccc(C#N)c(F)c2)cc1O. The van der Waals surface area contributed by atoms with Gasteiger partial charge in [-0.05, 0) is 91.8 Å². The Balaban J connectivity index is 1.49. The number of phenolic OH excluding ortho intramolecular Hbond substituents is 1. The quantitative estimate of drug-likeness (QED) is 0.156. The Morgan fingerprint density at radius 2 is 1.75 bits per heavy atom. The Labute approximate surface area is 307 Å². The lowest BCUT2D eigenvalue weighted by atomic mass is 9.89. The zero-order valence-corrected chi connectivity index (χ0v) is 30.0. The molecule has 11 nitrogen and oxygen atoms in total. The van der Waals surface area contributed by atoms with Crippen LogP contribution in [0, 0.1) is 28.5 Å². The van der Waals surface area contributed by atoms with Gasteiger partial charge in [0.25, 0.3) is 0 Å². The number of aliphatic carboxylic acids is 1. The first-order valence-electron chi connectivity index (χ1n) is 17.0. The number of carbonyl (C=O) groups is 2. The molecule has 2 N–H and O–H groups in total. The summed E-state index contributed by atoms with van der Waals surface area (Å²) in [5, 5.41) is 39.0. The van der Waals surface area contributed by atoms with E-state index < -0.39 is 23.5 Å². The van der Waals surface area contributed by atoms with Crippen LogP contribution in [0.5, 0.6) is 11.5 Å². The number of amides is 1. The van der Waals surface area contributed by atoms with Crippen molar-refractivity contribution in [3.05, 3.63) is 101 Å². The summed E-state index contributed by atoms with van der Waals surface area (Å²) in [5.74, 6) is -1.03. The number of ether oxygens (including phenoxy) is 2. The number of aromatic nitrogens is 1. The number of phenols is 1. The molecule has 53 heavy (non-hydrogen) atoms. The van der Waals surface area contributed by atoms with Crippen molar-refractivity contribution in [3.8, 4) is 45.9 Å². The fourth-order valence-corrected chi connectivity index (χ4v) is 6.38. The van der Waals surface area contributed by atoms with Crippen molar-refractivity contribution in [2.24, 2.45) is 0 Å². The third-order valence-electron chi connectivity index (χ3n) is 8.86. The molecule has 0 aliphatic carbocycles. The van der Waals surface area contributed by atoms with Gasteiger partial charge in [0.2, 0.25) is 0 Å². The maximum absolute atomic E-state index is 15.1. The van der Waals surface area contributed by atoms with Crippen LogP contribution in [0.1, 0.15) is 55.9 Å². The van der Waals surface area contributed by atoms with Gasteiger partial charge in [0.15, 0.2) is 11.5 Å². The lowest BCUT2D eigenvalue weighted by Crippen LogP contribution is -2.48. The number of rotatable bonds is 10. The van der Waals surface area contributed by atoms with E-state index in [-0.39, 0.29) is 36.1 Å². The summed E-state index contributed by atoms with van der Waals surface area (Å²) >= 11 is 0. The Morgan fingerprint density at radius 3 is 2.34 bits per heavy atom. The van der Waals surface area contributed by atoms with Crippen molar-refractivity contribution in [1.82, 2.24) is 9.88 Å². The second kappa shape index (κ2) is 16.3. The molecule has 5 rings (SSSR count). The second-order valence-electron chi connectivity index (χ2n) is 13.6. The molecule has 0 saturated carbocycles. The van der Waals surface area contributed by atoms with Crippen LogP contribution in [0.3, 0.4) is 0 Å². The molecule has 1 amide bonds. The number of methoxy groups -OCH3 is 1. The molecular formula is C41H40FN5O6. The number of halogens is 1. The highest BCUT2D eigenvalue weighted by atomic mass is 19.1. The molecule has 1 aromatic heterocycles. The van der Waals surface area contributed by atoms with Gasteiger partial charge in [0, 0.05) is 49.1 Å². The van der Waals surface area contributed by atoms with Crippen molar-refractivity contribution in [2.45, 2.75) is 58.2 Å². The number of piperidine rings is 1. The van der Waals surface area contributed by atoms with Gasteiger partial charge in [0.05, 0.1) is 25.2 Å². The van der Waals surface area contributed by atoms with Gasteiger partial charge in [-0.2, -0.15) is 10.5 Å². The van der Waals surface area contributed by atoms with Crippen LogP contribution in [-0.4, -0.2) is 64.0 Å². The highest BCUT2D eigenvalue weighted by Crippen LogP contribution is 2.42. The van der Waals surface area contributed by atoms with Crippen LogP contribution in [0.4, 0.5) is 15.0 Å². The molecule has 1 aliphatic heterocycles. The summed E-state index contributed by atoms with van der Waals surface area (Å²) in [6, 6.07) is 20.4. The van der Waals surface area contributed by atoms with Gasteiger partial charge in [0.1, 0.15) is 23.3 Å². The smallest absolute Gasteiger partial charge is 0.410 e. The number of benzene rings is 3. The van der Waals surface area contributed by atoms with E-state index in [0.29, 0.717) is 65.1 Å². The Kier molecular flexibility index (Phi) is 11.6. The minimum Gasteiger partial charge on any atom is -0.504 e. The third-order valence-corrected chi connectivity index (χ3v) is 8.86. The molecular weight excluding hydrogens is 677 g/mol. The minimum atomic E-state index is -1.04. The number of pyridine rings is 1. The van der Waals surface area contributed by atoms with Gasteiger partial charge in [-0.25, -0.2) is 19.0 Å². The Hall–Kier alpha value is -6.40. The molecule has 0 radical (unpaired) electrons. The van der Waals surface area contributed by atoms with E-state index in [2.05, 4.69) is 11.0 Å². The molecule has 0 bridgehead atoms. The molecule has 272 valence electrons. The Bertz CT molecular complexity index is 2110. The van der Waals surface area contributed by atoms with Gasteiger partial charge in [-0.1, -0.05) is 36.4 Å². The van der Waals surface area contributed by atoms with Crippen molar-refractivity contribution in [2.75, 3.05) is 25.1 Å². The van der Waals surface area contributed by atoms with E-state index >= 15 is 4.39 Å². The lowest BCUT2D eigenvalue weighted by molar-refractivity contribution is -0.131. The maximum atomic E-state index is 15.1. The number of carboxylic acid groups (broad SMARTS) is 1. The predicted molar refractivity (Wildman–Crippen MR) is 197 cm³/mol. The number of nitrogens with zero attached hydrogens (tertiary/aromatic N) is 5. The highest BCUT2D eigenvalue weighted by Gasteiger charge is 2.33. The van der Waals surface area contributed by atoms with E-state index in [9.17, 15) is 25.2 Å². The van der Waals surface area contributed by atoms with E-state index in [1.54, 1.807) is 41.4 Å². The zero-order chi connectivity index (χ0) is 38.3. The summed E-state index contributed by atoms with van der Waals surface area (Å²) in [5.41, 5.74) is 3.40. The van der Waals surface area contributed by atoms with Crippen molar-refractivity contribution in [3.63, 3.8) is 0 Å². The minimum absolute atomic E-state index is 0.0587. The summed E-state index contributed by atoms with van der Waals surface area (Å²) in [6.07, 6.45) is 4.80. The van der Waals surface area contributed by atoms with Crippen LogP contribution in [-0.2, 0) is 22.5 Å². The molecule has 0 unspecified atom stereocenters. The fourth-order valence-electron chi connectivity index (χ4n) is 6.38. The fraction of sp³-hybridized carbons (Fsp3) is 0.293. The van der Waals surface area contributed by atoms with Crippen molar-refractivity contribution < 1.29 is 33.7 Å². The molecule has 1 aliphatic rings. The lowest BCUT2D eigenvalue weighted by Gasteiger charge is -2.40. The van der Waals surface area contributed by atoms with Gasteiger partial charge in [-0.3, -0.25) is 0 Å². The number of anilines is 1. The van der Waals surface area contributed by atoms with Gasteiger partial charge < -0.3 is 29.5 Å². The topological polar surface area (TPSA) is 160 Å². The van der Waals surface area contributed by atoms with Crippen LogP contribution in [0.25, 0.3) is 28.3 Å². The molecule has 4 aromatic rings.